The summed E-state index contributed by atoms with van der Waals surface area (Å²) in [6, 6.07) is 4.73. The first-order chi connectivity index (χ1) is 9.77. The minimum Gasteiger partial charge on any atom is -0.382 e. The van der Waals surface area contributed by atoms with E-state index in [0.717, 1.165) is 5.56 Å². The zero-order valence-electron chi connectivity index (χ0n) is 11.7. The van der Waals surface area contributed by atoms with Gasteiger partial charge in [-0.25, -0.2) is 4.39 Å². The zero-order valence-corrected chi connectivity index (χ0v) is 11.7. The van der Waals surface area contributed by atoms with Crippen molar-refractivity contribution in [2.75, 3.05) is 40.1 Å². The summed E-state index contributed by atoms with van der Waals surface area (Å²) in [5, 5.41) is 0. The van der Waals surface area contributed by atoms with Crippen LogP contribution in [-0.4, -0.2) is 40.1 Å². The first-order valence-electron chi connectivity index (χ1n) is 6.39. The Morgan fingerprint density at radius 1 is 1.15 bits per heavy atom. The van der Waals surface area contributed by atoms with Crippen LogP contribution >= 0.6 is 0 Å². The molecule has 0 fully saturated rings. The van der Waals surface area contributed by atoms with E-state index in [2.05, 4.69) is 11.8 Å². The van der Waals surface area contributed by atoms with E-state index in [-0.39, 0.29) is 12.4 Å². The van der Waals surface area contributed by atoms with E-state index in [4.69, 9.17) is 19.9 Å². The van der Waals surface area contributed by atoms with Gasteiger partial charge in [-0.05, 0) is 17.7 Å². The molecule has 0 heterocycles. The Bertz CT molecular complexity index is 454. The number of nitrogens with two attached hydrogens (primary N) is 1. The summed E-state index contributed by atoms with van der Waals surface area (Å²) >= 11 is 0. The summed E-state index contributed by atoms with van der Waals surface area (Å²) in [6.07, 6.45) is 0. The number of ether oxygens (including phenoxy) is 3. The van der Waals surface area contributed by atoms with Crippen molar-refractivity contribution in [2.45, 2.75) is 6.61 Å². The Balaban J connectivity index is 2.33. The van der Waals surface area contributed by atoms with E-state index in [1.807, 2.05) is 0 Å². The Labute approximate surface area is 119 Å². The van der Waals surface area contributed by atoms with Gasteiger partial charge >= 0.3 is 0 Å². The highest BCUT2D eigenvalue weighted by Gasteiger charge is 2.01. The SMILES string of the molecule is COCCOCCOCc1ccc(F)c(C#CCN)c1. The van der Waals surface area contributed by atoms with Crippen LogP contribution in [0.4, 0.5) is 4.39 Å². The van der Waals surface area contributed by atoms with Gasteiger partial charge in [0.05, 0.1) is 45.1 Å². The Kier molecular flexibility index (Phi) is 8.59. The molecule has 0 unspecified atom stereocenters. The van der Waals surface area contributed by atoms with E-state index < -0.39 is 0 Å². The summed E-state index contributed by atoms with van der Waals surface area (Å²) < 4.78 is 29.0. The molecule has 0 aromatic heterocycles. The van der Waals surface area contributed by atoms with Crippen LogP contribution in [0.1, 0.15) is 11.1 Å². The van der Waals surface area contributed by atoms with Gasteiger partial charge in [-0.15, -0.1) is 0 Å². The fraction of sp³-hybridized carbons (Fsp3) is 0.467. The van der Waals surface area contributed by atoms with Crippen LogP contribution in [0.25, 0.3) is 0 Å². The smallest absolute Gasteiger partial charge is 0.138 e. The van der Waals surface area contributed by atoms with Gasteiger partial charge < -0.3 is 19.9 Å². The molecule has 0 amide bonds. The molecule has 4 nitrogen and oxygen atoms in total. The summed E-state index contributed by atoms with van der Waals surface area (Å²) in [7, 11) is 1.62. The lowest BCUT2D eigenvalue weighted by molar-refractivity contribution is 0.0199. The standard InChI is InChI=1S/C15H20FNO3/c1-18-7-8-19-9-10-20-12-13-4-5-15(16)14(11-13)3-2-6-17/h4-5,11H,6-10,12,17H2,1H3. The van der Waals surface area contributed by atoms with E-state index in [1.54, 1.807) is 19.2 Å². The first kappa shape index (κ1) is 16.6. The van der Waals surface area contributed by atoms with Gasteiger partial charge in [-0.3, -0.25) is 0 Å². The summed E-state index contributed by atoms with van der Waals surface area (Å²) in [6.45, 7) is 2.70. The molecule has 1 aromatic rings. The molecule has 2 N–H and O–H groups in total. The summed E-state index contributed by atoms with van der Waals surface area (Å²) in [4.78, 5) is 0. The number of rotatable bonds is 8. The van der Waals surface area contributed by atoms with Crippen molar-refractivity contribution in [1.29, 1.82) is 0 Å². The van der Waals surface area contributed by atoms with Crippen molar-refractivity contribution < 1.29 is 18.6 Å². The topological polar surface area (TPSA) is 53.7 Å². The molecule has 20 heavy (non-hydrogen) atoms. The molecule has 0 aliphatic rings. The molecule has 0 aliphatic heterocycles. The lowest BCUT2D eigenvalue weighted by Crippen LogP contribution is -2.08. The van der Waals surface area contributed by atoms with E-state index >= 15 is 0 Å². The van der Waals surface area contributed by atoms with Gasteiger partial charge in [0.25, 0.3) is 0 Å². The maximum Gasteiger partial charge on any atom is 0.138 e. The highest BCUT2D eigenvalue weighted by atomic mass is 19.1. The Morgan fingerprint density at radius 2 is 1.90 bits per heavy atom. The Morgan fingerprint density at radius 3 is 2.65 bits per heavy atom. The highest BCUT2D eigenvalue weighted by molar-refractivity contribution is 5.38. The van der Waals surface area contributed by atoms with E-state index in [1.165, 1.54) is 6.07 Å². The lowest BCUT2D eigenvalue weighted by atomic mass is 10.1. The minimum absolute atomic E-state index is 0.207. The summed E-state index contributed by atoms with van der Waals surface area (Å²) in [5.74, 6) is 4.98. The number of halogens is 1. The molecule has 1 aromatic carbocycles. The fourth-order valence-electron chi connectivity index (χ4n) is 1.46. The van der Waals surface area contributed by atoms with Gasteiger partial charge in [-0.1, -0.05) is 17.9 Å². The fourth-order valence-corrected chi connectivity index (χ4v) is 1.46. The second-order valence-corrected chi connectivity index (χ2v) is 3.98. The molecule has 110 valence electrons. The number of benzene rings is 1. The molecule has 1 rings (SSSR count). The summed E-state index contributed by atoms with van der Waals surface area (Å²) in [5.41, 5.74) is 6.48. The third-order valence-electron chi connectivity index (χ3n) is 2.43. The van der Waals surface area contributed by atoms with Crippen LogP contribution in [0.3, 0.4) is 0 Å². The van der Waals surface area contributed by atoms with Gasteiger partial charge in [0.1, 0.15) is 5.82 Å². The predicted molar refractivity (Wildman–Crippen MR) is 74.7 cm³/mol. The maximum atomic E-state index is 13.4. The van der Waals surface area contributed by atoms with Crippen molar-refractivity contribution >= 4 is 0 Å². The van der Waals surface area contributed by atoms with Crippen molar-refractivity contribution in [1.82, 2.24) is 0 Å². The van der Waals surface area contributed by atoms with Crippen molar-refractivity contribution in [3.8, 4) is 11.8 Å². The second kappa shape index (κ2) is 10.4. The number of methoxy groups -OCH3 is 1. The third kappa shape index (κ3) is 6.64. The van der Waals surface area contributed by atoms with Crippen LogP contribution in [0, 0.1) is 17.7 Å². The van der Waals surface area contributed by atoms with Crippen LogP contribution < -0.4 is 5.73 Å². The predicted octanol–water partition coefficient (Wildman–Crippen LogP) is 1.32. The molecular weight excluding hydrogens is 261 g/mol. The molecule has 0 aliphatic carbocycles. The van der Waals surface area contributed by atoms with Crippen LogP contribution in [-0.2, 0) is 20.8 Å². The van der Waals surface area contributed by atoms with E-state index in [9.17, 15) is 4.39 Å². The normalized spacial score (nSPS) is 10.2. The number of hydrogen-bond acceptors (Lipinski definition) is 4. The average Bonchev–Trinajstić information content (AvgIpc) is 2.46. The third-order valence-corrected chi connectivity index (χ3v) is 2.43. The quantitative estimate of drug-likeness (QED) is 0.577. The first-order valence-corrected chi connectivity index (χ1v) is 6.39. The van der Waals surface area contributed by atoms with Crippen molar-refractivity contribution in [2.24, 2.45) is 5.73 Å². The van der Waals surface area contributed by atoms with Crippen molar-refractivity contribution in [3.63, 3.8) is 0 Å². The number of hydrogen-bond donors (Lipinski definition) is 1. The van der Waals surface area contributed by atoms with Crippen LogP contribution in [0.15, 0.2) is 18.2 Å². The Hall–Kier alpha value is -1.45. The maximum absolute atomic E-state index is 13.4. The largest absolute Gasteiger partial charge is 0.382 e. The zero-order chi connectivity index (χ0) is 14.6. The van der Waals surface area contributed by atoms with Crippen LogP contribution in [0.2, 0.25) is 0 Å². The molecule has 0 spiro atoms. The average molecular weight is 281 g/mol. The monoisotopic (exact) mass is 281 g/mol. The van der Waals surface area contributed by atoms with Gasteiger partial charge in [-0.2, -0.15) is 0 Å². The molecule has 0 atom stereocenters. The van der Waals surface area contributed by atoms with Gasteiger partial charge in [0.2, 0.25) is 0 Å². The molecular formula is C15H20FNO3. The van der Waals surface area contributed by atoms with Crippen molar-refractivity contribution in [3.05, 3.63) is 35.1 Å². The highest BCUT2D eigenvalue weighted by Crippen LogP contribution is 2.10. The molecule has 0 saturated heterocycles. The molecule has 5 heteroatoms. The van der Waals surface area contributed by atoms with E-state index in [0.29, 0.717) is 38.6 Å². The lowest BCUT2D eigenvalue weighted by Gasteiger charge is -2.06. The molecule has 0 radical (unpaired) electrons. The van der Waals surface area contributed by atoms with Gasteiger partial charge in [0.15, 0.2) is 0 Å². The second-order valence-electron chi connectivity index (χ2n) is 3.98. The van der Waals surface area contributed by atoms with Crippen LogP contribution in [0.5, 0.6) is 0 Å². The van der Waals surface area contributed by atoms with Gasteiger partial charge in [0, 0.05) is 7.11 Å². The minimum atomic E-state index is -0.349. The molecule has 0 bridgehead atoms. The molecule has 0 saturated carbocycles.